The van der Waals surface area contributed by atoms with Crippen LogP contribution in [0.4, 0.5) is 4.39 Å². The van der Waals surface area contributed by atoms with Gasteiger partial charge in [0.2, 0.25) is 10.0 Å². The minimum absolute atomic E-state index is 0.0361. The maximum Gasteiger partial charge on any atom is 0.240 e. The lowest BCUT2D eigenvalue weighted by Gasteiger charge is -2.08. The normalized spacial score (nSPS) is 11.5. The van der Waals surface area contributed by atoms with Crippen molar-refractivity contribution in [2.24, 2.45) is 0 Å². The van der Waals surface area contributed by atoms with Crippen LogP contribution in [-0.4, -0.2) is 30.5 Å². The summed E-state index contributed by atoms with van der Waals surface area (Å²) in [5.41, 5.74) is 1.08. The van der Waals surface area contributed by atoms with Crippen molar-refractivity contribution < 1.29 is 17.6 Å². The number of carbonyl (C=O) groups excluding carboxylic acids is 1. The molecule has 3 aromatic rings. The fourth-order valence-corrected chi connectivity index (χ4v) is 3.37. The fourth-order valence-electron chi connectivity index (χ4n) is 2.37. The number of hydrogen-bond donors (Lipinski definition) is 1. The molecular weight excluding hydrogens is 357 g/mol. The molecule has 0 aliphatic heterocycles. The molecule has 0 saturated carbocycles. The zero-order chi connectivity index (χ0) is 18.7. The van der Waals surface area contributed by atoms with Crippen LogP contribution in [0.5, 0.6) is 0 Å². The van der Waals surface area contributed by atoms with Gasteiger partial charge in [0, 0.05) is 6.20 Å². The Labute approximate surface area is 150 Å². The van der Waals surface area contributed by atoms with E-state index in [1.165, 1.54) is 28.9 Å². The van der Waals surface area contributed by atoms with E-state index in [9.17, 15) is 17.6 Å². The van der Waals surface area contributed by atoms with E-state index in [2.05, 4.69) is 9.82 Å². The van der Waals surface area contributed by atoms with Crippen molar-refractivity contribution in [3.8, 4) is 5.69 Å². The topological polar surface area (TPSA) is 81.1 Å². The summed E-state index contributed by atoms with van der Waals surface area (Å²) in [6, 6.07) is 13.4. The standard InChI is InChI=1S/C18H16FN3O3S/c1-13-9-10-22(21-13)14-7-8-17(19)16(11-14)18(23)12-20-26(24,25)15-5-3-2-4-6-15/h2-11,20H,12H2,1H3. The molecule has 8 heteroatoms. The quantitative estimate of drug-likeness (QED) is 0.673. The third kappa shape index (κ3) is 3.87. The number of Topliss-reactive ketones (excluding diaryl/α,β-unsaturated/α-hetero) is 1. The molecule has 1 aromatic heterocycles. The third-order valence-corrected chi connectivity index (χ3v) is 5.13. The minimum atomic E-state index is -3.85. The predicted octanol–water partition coefficient (Wildman–Crippen LogP) is 2.48. The van der Waals surface area contributed by atoms with Gasteiger partial charge in [-0.2, -0.15) is 5.10 Å². The van der Waals surface area contributed by atoms with Gasteiger partial charge in [-0.05, 0) is 43.3 Å². The molecule has 1 N–H and O–H groups in total. The first-order valence-corrected chi connectivity index (χ1v) is 9.25. The number of sulfonamides is 1. The van der Waals surface area contributed by atoms with E-state index < -0.39 is 28.2 Å². The minimum Gasteiger partial charge on any atom is -0.293 e. The number of halogens is 1. The van der Waals surface area contributed by atoms with Crippen molar-refractivity contribution in [2.45, 2.75) is 11.8 Å². The van der Waals surface area contributed by atoms with Crippen LogP contribution >= 0.6 is 0 Å². The number of ketones is 1. The van der Waals surface area contributed by atoms with Gasteiger partial charge in [-0.3, -0.25) is 4.79 Å². The summed E-state index contributed by atoms with van der Waals surface area (Å²) < 4.78 is 42.1. The van der Waals surface area contributed by atoms with Crippen molar-refractivity contribution in [1.29, 1.82) is 0 Å². The van der Waals surface area contributed by atoms with Crippen LogP contribution in [0.3, 0.4) is 0 Å². The summed E-state index contributed by atoms with van der Waals surface area (Å²) >= 11 is 0. The maximum absolute atomic E-state index is 14.1. The summed E-state index contributed by atoms with van der Waals surface area (Å²) in [4.78, 5) is 12.4. The molecule has 6 nitrogen and oxygen atoms in total. The van der Waals surface area contributed by atoms with Crippen molar-refractivity contribution in [3.05, 3.63) is 77.9 Å². The van der Waals surface area contributed by atoms with Crippen LogP contribution in [-0.2, 0) is 10.0 Å². The number of aryl methyl sites for hydroxylation is 1. The molecule has 0 fully saturated rings. The molecule has 26 heavy (non-hydrogen) atoms. The lowest BCUT2D eigenvalue weighted by Crippen LogP contribution is -2.30. The summed E-state index contributed by atoms with van der Waals surface area (Å²) in [6.45, 7) is 1.26. The van der Waals surface area contributed by atoms with Crippen LogP contribution in [0.2, 0.25) is 0 Å². The average Bonchev–Trinajstić information content (AvgIpc) is 3.07. The summed E-state index contributed by atoms with van der Waals surface area (Å²) in [5.74, 6) is -1.39. The van der Waals surface area contributed by atoms with E-state index in [1.54, 1.807) is 30.5 Å². The molecule has 0 amide bonds. The third-order valence-electron chi connectivity index (χ3n) is 3.71. The molecule has 3 rings (SSSR count). The lowest BCUT2D eigenvalue weighted by atomic mass is 10.1. The smallest absolute Gasteiger partial charge is 0.240 e. The molecule has 0 saturated heterocycles. The van der Waals surface area contributed by atoms with E-state index in [4.69, 9.17) is 0 Å². The first kappa shape index (κ1) is 18.0. The Morgan fingerprint density at radius 2 is 1.88 bits per heavy atom. The van der Waals surface area contributed by atoms with Gasteiger partial charge in [-0.15, -0.1) is 0 Å². The molecular formula is C18H16FN3O3S. The molecule has 0 bridgehead atoms. The SMILES string of the molecule is Cc1ccn(-c2ccc(F)c(C(=O)CNS(=O)(=O)c3ccccc3)c2)n1. The van der Waals surface area contributed by atoms with E-state index >= 15 is 0 Å². The van der Waals surface area contributed by atoms with Gasteiger partial charge in [0.25, 0.3) is 0 Å². The highest BCUT2D eigenvalue weighted by molar-refractivity contribution is 7.89. The lowest BCUT2D eigenvalue weighted by molar-refractivity contribution is 0.0993. The Morgan fingerprint density at radius 1 is 1.15 bits per heavy atom. The van der Waals surface area contributed by atoms with Crippen molar-refractivity contribution in [1.82, 2.24) is 14.5 Å². The first-order valence-electron chi connectivity index (χ1n) is 7.77. The maximum atomic E-state index is 14.1. The molecule has 2 aromatic carbocycles. The van der Waals surface area contributed by atoms with Crippen LogP contribution < -0.4 is 4.72 Å². The highest BCUT2D eigenvalue weighted by Crippen LogP contribution is 2.15. The van der Waals surface area contributed by atoms with Gasteiger partial charge in [0.1, 0.15) is 5.82 Å². The van der Waals surface area contributed by atoms with Gasteiger partial charge in [-0.25, -0.2) is 22.2 Å². The number of nitrogens with one attached hydrogen (secondary N) is 1. The second-order valence-electron chi connectivity index (χ2n) is 5.63. The summed E-state index contributed by atoms with van der Waals surface area (Å²) in [5, 5.41) is 4.21. The average molecular weight is 373 g/mol. The second-order valence-corrected chi connectivity index (χ2v) is 7.39. The predicted molar refractivity (Wildman–Crippen MR) is 94.2 cm³/mol. The molecule has 0 aliphatic carbocycles. The van der Waals surface area contributed by atoms with Crippen LogP contribution in [0.1, 0.15) is 16.1 Å². The van der Waals surface area contributed by atoms with E-state index in [0.29, 0.717) is 5.69 Å². The second kappa shape index (κ2) is 7.19. The molecule has 0 atom stereocenters. The molecule has 0 unspecified atom stereocenters. The van der Waals surface area contributed by atoms with Gasteiger partial charge in [0.05, 0.1) is 28.4 Å². The van der Waals surface area contributed by atoms with E-state index in [0.717, 1.165) is 11.8 Å². The number of benzene rings is 2. The van der Waals surface area contributed by atoms with Gasteiger partial charge >= 0.3 is 0 Å². The Morgan fingerprint density at radius 3 is 2.54 bits per heavy atom. The van der Waals surface area contributed by atoms with Crippen LogP contribution in [0.15, 0.2) is 65.7 Å². The van der Waals surface area contributed by atoms with Crippen molar-refractivity contribution >= 4 is 15.8 Å². The number of nitrogens with zero attached hydrogens (tertiary/aromatic N) is 2. The number of hydrogen-bond acceptors (Lipinski definition) is 4. The molecule has 0 aliphatic rings. The highest BCUT2D eigenvalue weighted by atomic mass is 32.2. The molecule has 1 heterocycles. The zero-order valence-electron chi connectivity index (χ0n) is 13.9. The van der Waals surface area contributed by atoms with Crippen LogP contribution in [0.25, 0.3) is 5.69 Å². The summed E-state index contributed by atoms with van der Waals surface area (Å²) in [7, 11) is -3.85. The van der Waals surface area contributed by atoms with E-state index in [-0.39, 0.29) is 10.5 Å². The van der Waals surface area contributed by atoms with Gasteiger partial charge < -0.3 is 0 Å². The Hall–Kier alpha value is -2.84. The molecule has 0 radical (unpaired) electrons. The number of aromatic nitrogens is 2. The number of carbonyl (C=O) groups is 1. The Kier molecular flexibility index (Phi) is 4.97. The fraction of sp³-hybridized carbons (Fsp3) is 0.111. The highest BCUT2D eigenvalue weighted by Gasteiger charge is 2.18. The Balaban J connectivity index is 1.80. The van der Waals surface area contributed by atoms with E-state index in [1.807, 2.05) is 6.92 Å². The molecule has 0 spiro atoms. The monoisotopic (exact) mass is 373 g/mol. The first-order chi connectivity index (χ1) is 12.4. The molecule has 134 valence electrons. The number of rotatable bonds is 6. The van der Waals surface area contributed by atoms with Crippen LogP contribution in [0, 0.1) is 12.7 Å². The largest absolute Gasteiger partial charge is 0.293 e. The summed E-state index contributed by atoms with van der Waals surface area (Å²) in [6.07, 6.45) is 1.69. The Bertz CT molecular complexity index is 1050. The van der Waals surface area contributed by atoms with Crippen molar-refractivity contribution in [3.63, 3.8) is 0 Å². The van der Waals surface area contributed by atoms with Gasteiger partial charge in [-0.1, -0.05) is 18.2 Å². The zero-order valence-corrected chi connectivity index (χ0v) is 14.7. The van der Waals surface area contributed by atoms with Gasteiger partial charge in [0.15, 0.2) is 5.78 Å². The van der Waals surface area contributed by atoms with Crippen molar-refractivity contribution in [2.75, 3.05) is 6.54 Å².